The van der Waals surface area contributed by atoms with Gasteiger partial charge in [-0.25, -0.2) is 8.42 Å². The van der Waals surface area contributed by atoms with Gasteiger partial charge in [-0.2, -0.15) is 9.40 Å². The summed E-state index contributed by atoms with van der Waals surface area (Å²) in [5.74, 6) is 0. The fourth-order valence-electron chi connectivity index (χ4n) is 2.22. The lowest BCUT2D eigenvalue weighted by Gasteiger charge is -2.24. The summed E-state index contributed by atoms with van der Waals surface area (Å²) < 4.78 is 27.0. The van der Waals surface area contributed by atoms with Gasteiger partial charge in [0.25, 0.3) is 0 Å². The van der Waals surface area contributed by atoms with Gasteiger partial charge in [-0.1, -0.05) is 30.8 Å². The molecule has 0 fully saturated rings. The van der Waals surface area contributed by atoms with Crippen LogP contribution in [0.2, 0.25) is 0 Å². The lowest BCUT2D eigenvalue weighted by molar-refractivity contribution is 0.405. The minimum Gasteiger partial charge on any atom is -0.275 e. The third-order valence-electron chi connectivity index (χ3n) is 3.58. The molecule has 0 bridgehead atoms. The van der Waals surface area contributed by atoms with Crippen molar-refractivity contribution in [1.29, 1.82) is 0 Å². The number of hydrogen-bond donors (Lipinski definition) is 0. The van der Waals surface area contributed by atoms with Gasteiger partial charge < -0.3 is 0 Å². The maximum atomic E-state index is 12.0. The Labute approximate surface area is 125 Å². The predicted molar refractivity (Wildman–Crippen MR) is 83.9 cm³/mol. The smallest absolute Gasteiger partial charge is 0.235 e. The Balaban J connectivity index is 2.48. The van der Waals surface area contributed by atoms with Crippen molar-refractivity contribution in [3.63, 3.8) is 0 Å². The maximum absolute atomic E-state index is 12.0. The molecule has 21 heavy (non-hydrogen) atoms. The van der Waals surface area contributed by atoms with Gasteiger partial charge in [0, 0.05) is 37.3 Å². The third kappa shape index (κ3) is 3.06. The second-order valence-corrected chi connectivity index (χ2v) is 6.83. The Bertz CT molecular complexity index is 750. The van der Waals surface area contributed by atoms with Gasteiger partial charge in [0.2, 0.25) is 10.0 Å². The van der Waals surface area contributed by atoms with Gasteiger partial charge in [0.1, 0.15) is 0 Å². The van der Waals surface area contributed by atoms with Crippen LogP contribution in [-0.4, -0.2) is 29.6 Å². The van der Waals surface area contributed by atoms with Crippen molar-refractivity contribution >= 4 is 10.0 Å². The van der Waals surface area contributed by atoms with Crippen molar-refractivity contribution in [1.82, 2.24) is 14.1 Å². The molecule has 2 aromatic rings. The Morgan fingerprint density at radius 3 is 2.62 bits per heavy atom. The van der Waals surface area contributed by atoms with Gasteiger partial charge >= 0.3 is 0 Å². The van der Waals surface area contributed by atoms with Crippen LogP contribution in [-0.2, 0) is 17.1 Å². The van der Waals surface area contributed by atoms with Crippen molar-refractivity contribution in [3.05, 3.63) is 54.2 Å². The molecule has 1 aromatic heterocycles. The number of aromatic nitrogens is 2. The number of nitrogens with zero attached hydrogens (tertiary/aromatic N) is 3. The summed E-state index contributed by atoms with van der Waals surface area (Å²) in [5, 5.41) is 5.14. The first kappa shape index (κ1) is 15.5. The average molecular weight is 305 g/mol. The molecule has 0 amide bonds. The van der Waals surface area contributed by atoms with E-state index in [2.05, 4.69) is 11.7 Å². The van der Waals surface area contributed by atoms with Gasteiger partial charge in [-0.15, -0.1) is 0 Å². The monoisotopic (exact) mass is 305 g/mol. The second-order valence-electron chi connectivity index (χ2n) is 4.89. The van der Waals surface area contributed by atoms with Crippen molar-refractivity contribution in [3.8, 4) is 11.1 Å². The van der Waals surface area contributed by atoms with E-state index in [1.165, 1.54) is 4.31 Å². The SMILES string of the molecule is C=CS(=O)(=O)N(C)C(C)c1ccccc1-c1cnn(C)c1. The van der Waals surface area contributed by atoms with Crippen LogP contribution in [0.4, 0.5) is 0 Å². The molecule has 5 nitrogen and oxygen atoms in total. The molecule has 0 radical (unpaired) electrons. The molecule has 0 saturated heterocycles. The van der Waals surface area contributed by atoms with Crippen LogP contribution in [0, 0.1) is 0 Å². The molecular weight excluding hydrogens is 286 g/mol. The molecule has 0 saturated carbocycles. The number of aryl methyl sites for hydroxylation is 1. The molecule has 1 atom stereocenters. The van der Waals surface area contributed by atoms with Crippen molar-refractivity contribution in [2.45, 2.75) is 13.0 Å². The number of hydrogen-bond acceptors (Lipinski definition) is 3. The zero-order chi connectivity index (χ0) is 15.6. The molecule has 1 unspecified atom stereocenters. The lowest BCUT2D eigenvalue weighted by atomic mass is 9.98. The topological polar surface area (TPSA) is 55.2 Å². The summed E-state index contributed by atoms with van der Waals surface area (Å²) in [6, 6.07) is 7.43. The molecule has 1 aromatic carbocycles. The summed E-state index contributed by atoms with van der Waals surface area (Å²) >= 11 is 0. The van der Waals surface area contributed by atoms with Crippen molar-refractivity contribution in [2.75, 3.05) is 7.05 Å². The zero-order valence-corrected chi connectivity index (χ0v) is 13.2. The van der Waals surface area contributed by atoms with Gasteiger partial charge in [0.05, 0.1) is 6.20 Å². The van der Waals surface area contributed by atoms with E-state index in [1.54, 1.807) is 17.9 Å². The van der Waals surface area contributed by atoms with E-state index in [4.69, 9.17) is 0 Å². The highest BCUT2D eigenvalue weighted by atomic mass is 32.2. The molecular formula is C15H19N3O2S. The first-order valence-corrected chi connectivity index (χ1v) is 8.05. The van der Waals surface area contributed by atoms with Gasteiger partial charge in [-0.05, 0) is 18.1 Å². The minimum atomic E-state index is -3.46. The largest absolute Gasteiger partial charge is 0.275 e. The van der Waals surface area contributed by atoms with E-state index in [9.17, 15) is 8.42 Å². The van der Waals surface area contributed by atoms with Crippen LogP contribution >= 0.6 is 0 Å². The molecule has 0 aliphatic rings. The number of sulfonamides is 1. The van der Waals surface area contributed by atoms with E-state index in [1.807, 2.05) is 44.4 Å². The zero-order valence-electron chi connectivity index (χ0n) is 12.4. The quantitative estimate of drug-likeness (QED) is 0.853. The Morgan fingerprint density at radius 2 is 2.05 bits per heavy atom. The van der Waals surface area contributed by atoms with Crippen molar-refractivity contribution in [2.24, 2.45) is 7.05 Å². The fourth-order valence-corrected chi connectivity index (χ4v) is 3.01. The van der Waals surface area contributed by atoms with Crippen LogP contribution in [0.5, 0.6) is 0 Å². The summed E-state index contributed by atoms with van der Waals surface area (Å²) in [5.41, 5.74) is 2.87. The van der Waals surface area contributed by atoms with Gasteiger partial charge in [-0.3, -0.25) is 4.68 Å². The highest BCUT2D eigenvalue weighted by Crippen LogP contribution is 2.31. The van der Waals surface area contributed by atoms with E-state index in [0.717, 1.165) is 22.1 Å². The number of rotatable bonds is 5. The lowest BCUT2D eigenvalue weighted by Crippen LogP contribution is -2.28. The second kappa shape index (κ2) is 5.83. The standard InChI is InChI=1S/C15H19N3O2S/c1-5-21(19,20)18(4)12(2)14-8-6-7-9-15(14)13-10-16-17(3)11-13/h5-12H,1H2,2-4H3. The molecule has 6 heteroatoms. The third-order valence-corrected chi connectivity index (χ3v) is 5.12. The van der Waals surface area contributed by atoms with E-state index in [0.29, 0.717) is 0 Å². The number of benzene rings is 1. The molecule has 0 aliphatic carbocycles. The fraction of sp³-hybridized carbons (Fsp3) is 0.267. The maximum Gasteiger partial charge on any atom is 0.235 e. The summed E-state index contributed by atoms with van der Waals surface area (Å²) in [7, 11) is -0.0547. The molecule has 0 N–H and O–H groups in total. The highest BCUT2D eigenvalue weighted by molar-refractivity contribution is 7.92. The molecule has 1 heterocycles. The molecule has 0 aliphatic heterocycles. The highest BCUT2D eigenvalue weighted by Gasteiger charge is 2.23. The summed E-state index contributed by atoms with van der Waals surface area (Å²) in [6.07, 6.45) is 3.68. The Morgan fingerprint density at radius 1 is 1.38 bits per heavy atom. The summed E-state index contributed by atoms with van der Waals surface area (Å²) in [6.45, 7) is 5.23. The van der Waals surface area contributed by atoms with E-state index >= 15 is 0 Å². The first-order valence-electron chi connectivity index (χ1n) is 6.55. The Kier molecular flexibility index (Phi) is 4.29. The first-order chi connectivity index (χ1) is 9.86. The normalized spacial score (nSPS) is 13.3. The molecule has 0 spiro atoms. The van der Waals surface area contributed by atoms with E-state index < -0.39 is 10.0 Å². The van der Waals surface area contributed by atoms with Crippen LogP contribution < -0.4 is 0 Å². The van der Waals surface area contributed by atoms with Crippen LogP contribution in [0.15, 0.2) is 48.6 Å². The molecule has 112 valence electrons. The predicted octanol–water partition coefficient (Wildman–Crippen LogP) is 2.55. The van der Waals surface area contributed by atoms with E-state index in [-0.39, 0.29) is 6.04 Å². The molecule has 2 rings (SSSR count). The van der Waals surface area contributed by atoms with Crippen LogP contribution in [0.25, 0.3) is 11.1 Å². The van der Waals surface area contributed by atoms with Crippen LogP contribution in [0.1, 0.15) is 18.5 Å². The average Bonchev–Trinajstić information content (AvgIpc) is 2.92. The van der Waals surface area contributed by atoms with Gasteiger partial charge in [0.15, 0.2) is 0 Å². The minimum absolute atomic E-state index is 0.301. The van der Waals surface area contributed by atoms with Crippen LogP contribution in [0.3, 0.4) is 0 Å². The summed E-state index contributed by atoms with van der Waals surface area (Å²) in [4.78, 5) is 0. The van der Waals surface area contributed by atoms with Crippen molar-refractivity contribution < 1.29 is 8.42 Å². The Hall–Kier alpha value is -1.92.